The van der Waals surface area contributed by atoms with E-state index in [1.54, 1.807) is 12.1 Å². The number of hydrogen-bond donors (Lipinski definition) is 0. The fourth-order valence-electron chi connectivity index (χ4n) is 4.58. The quantitative estimate of drug-likeness (QED) is 0.658. The van der Waals surface area contributed by atoms with Crippen molar-refractivity contribution < 1.29 is 9.13 Å². The Hall–Kier alpha value is -2.40. The van der Waals surface area contributed by atoms with Crippen LogP contribution in [0.3, 0.4) is 0 Å². The van der Waals surface area contributed by atoms with Crippen LogP contribution in [0.15, 0.2) is 42.5 Å². The number of imidazole rings is 1. The number of likely N-dealkylation sites (tertiary alicyclic amines) is 1. The third-order valence-corrected chi connectivity index (χ3v) is 6.21. The highest BCUT2D eigenvalue weighted by atomic mass is 19.1. The molecule has 1 aromatic heterocycles. The zero-order chi connectivity index (χ0) is 18.9. The number of piperidine rings is 1. The number of rotatable bonds is 5. The molecule has 28 heavy (non-hydrogen) atoms. The van der Waals surface area contributed by atoms with Crippen LogP contribution < -0.4 is 4.74 Å². The highest BCUT2D eigenvalue weighted by molar-refractivity contribution is 5.83. The molecular weight excluding hydrogens is 353 g/mol. The summed E-state index contributed by atoms with van der Waals surface area (Å²) in [5, 5.41) is 0. The first kappa shape index (κ1) is 17.7. The lowest BCUT2D eigenvalue weighted by molar-refractivity contribution is 0.166. The first-order chi connectivity index (χ1) is 13.8. The second-order valence-electron chi connectivity index (χ2n) is 8.04. The van der Waals surface area contributed by atoms with Crippen LogP contribution >= 0.6 is 0 Å². The van der Waals surface area contributed by atoms with Crippen molar-refractivity contribution in [2.24, 2.45) is 5.92 Å². The van der Waals surface area contributed by atoms with Crippen LogP contribution in [0, 0.1) is 11.7 Å². The van der Waals surface area contributed by atoms with Crippen LogP contribution in [0.1, 0.15) is 30.7 Å². The Labute approximate surface area is 164 Å². The fourth-order valence-corrected chi connectivity index (χ4v) is 4.58. The molecule has 2 aromatic carbocycles. The van der Waals surface area contributed by atoms with Crippen molar-refractivity contribution in [3.63, 3.8) is 0 Å². The molecule has 2 aliphatic heterocycles. The second kappa shape index (κ2) is 7.55. The van der Waals surface area contributed by atoms with Gasteiger partial charge in [-0.3, -0.25) is 4.90 Å². The van der Waals surface area contributed by atoms with Gasteiger partial charge in [-0.25, -0.2) is 9.37 Å². The largest absolute Gasteiger partial charge is 0.489 e. The lowest BCUT2D eigenvalue weighted by Crippen LogP contribution is -2.34. The van der Waals surface area contributed by atoms with Crippen molar-refractivity contribution in [2.45, 2.75) is 38.8 Å². The van der Waals surface area contributed by atoms with Gasteiger partial charge in [0.15, 0.2) is 0 Å². The van der Waals surface area contributed by atoms with E-state index in [4.69, 9.17) is 9.72 Å². The summed E-state index contributed by atoms with van der Waals surface area (Å²) in [5.74, 6) is 2.73. The third-order valence-electron chi connectivity index (χ3n) is 6.21. The van der Waals surface area contributed by atoms with E-state index in [2.05, 4.69) is 15.5 Å². The summed E-state index contributed by atoms with van der Waals surface area (Å²) in [4.78, 5) is 7.43. The van der Waals surface area contributed by atoms with Gasteiger partial charge >= 0.3 is 0 Å². The maximum absolute atomic E-state index is 13.0. The molecule has 0 aliphatic carbocycles. The molecule has 0 atom stereocenters. The van der Waals surface area contributed by atoms with Gasteiger partial charge < -0.3 is 9.30 Å². The minimum Gasteiger partial charge on any atom is -0.489 e. The van der Waals surface area contributed by atoms with Gasteiger partial charge in [-0.1, -0.05) is 18.2 Å². The predicted octanol–water partition coefficient (Wildman–Crippen LogP) is 4.41. The summed E-state index contributed by atoms with van der Waals surface area (Å²) in [6, 6.07) is 13.1. The minimum atomic E-state index is -0.151. The van der Waals surface area contributed by atoms with Gasteiger partial charge in [-0.05, 0) is 74.5 Å². The molecule has 1 saturated heterocycles. The molecule has 0 bridgehead atoms. The van der Waals surface area contributed by atoms with Crippen LogP contribution in [0.25, 0.3) is 11.0 Å². The number of benzene rings is 2. The molecule has 146 valence electrons. The number of hydrogen-bond acceptors (Lipinski definition) is 3. The third kappa shape index (κ3) is 3.51. The lowest BCUT2D eigenvalue weighted by atomic mass is 9.90. The Morgan fingerprint density at radius 2 is 1.86 bits per heavy atom. The Morgan fingerprint density at radius 3 is 2.68 bits per heavy atom. The van der Waals surface area contributed by atoms with Gasteiger partial charge in [0.2, 0.25) is 0 Å². The maximum atomic E-state index is 13.0. The van der Waals surface area contributed by atoms with Crippen molar-refractivity contribution in [3.05, 3.63) is 59.7 Å². The number of para-hydroxylation sites is 1. The topological polar surface area (TPSA) is 30.3 Å². The summed E-state index contributed by atoms with van der Waals surface area (Å²) in [6.45, 7) is 4.78. The molecular formula is C23H26FN3O. The van der Waals surface area contributed by atoms with Crippen LogP contribution in [-0.4, -0.2) is 34.1 Å². The van der Waals surface area contributed by atoms with Gasteiger partial charge in [-0.15, -0.1) is 0 Å². The number of halogens is 1. The van der Waals surface area contributed by atoms with Crippen molar-refractivity contribution in [1.29, 1.82) is 0 Å². The van der Waals surface area contributed by atoms with E-state index in [1.807, 2.05) is 24.3 Å². The molecule has 2 aliphatic rings. The molecule has 0 N–H and O–H groups in total. The van der Waals surface area contributed by atoms with E-state index in [0.29, 0.717) is 0 Å². The first-order valence-corrected chi connectivity index (χ1v) is 10.3. The average Bonchev–Trinajstić information content (AvgIpc) is 3.08. The van der Waals surface area contributed by atoms with Crippen LogP contribution in [0.5, 0.6) is 5.75 Å². The Bertz CT molecular complexity index is 958. The van der Waals surface area contributed by atoms with E-state index >= 15 is 0 Å². The van der Waals surface area contributed by atoms with Crippen molar-refractivity contribution in [3.8, 4) is 5.75 Å². The molecule has 3 heterocycles. The number of nitrogens with zero attached hydrogens (tertiary/aromatic N) is 3. The molecule has 0 spiro atoms. The maximum Gasteiger partial charge on any atom is 0.145 e. The van der Waals surface area contributed by atoms with Gasteiger partial charge in [0, 0.05) is 0 Å². The number of aryl methyl sites for hydroxylation is 1. The van der Waals surface area contributed by atoms with E-state index in [9.17, 15) is 4.39 Å². The standard InChI is InChI=1S/C23H26FN3O/c24-19-8-6-17(7-9-19)4-5-18-10-12-26(13-11-18)16-22-25-20-2-1-3-21-23(20)27(22)14-15-28-21/h1-3,6-9,18H,4-5,10-16H2. The monoisotopic (exact) mass is 379 g/mol. The van der Waals surface area contributed by atoms with Gasteiger partial charge in [-0.2, -0.15) is 0 Å². The normalized spacial score (nSPS) is 17.8. The number of aromatic nitrogens is 2. The van der Waals surface area contributed by atoms with E-state index in [0.717, 1.165) is 67.7 Å². The van der Waals surface area contributed by atoms with Crippen molar-refractivity contribution >= 4 is 11.0 Å². The molecule has 0 saturated carbocycles. The Morgan fingerprint density at radius 1 is 1.04 bits per heavy atom. The van der Waals surface area contributed by atoms with Gasteiger partial charge in [0.05, 0.1) is 18.6 Å². The Balaban J connectivity index is 1.18. The number of ether oxygens (including phenoxy) is 1. The summed E-state index contributed by atoms with van der Waals surface area (Å²) >= 11 is 0. The summed E-state index contributed by atoms with van der Waals surface area (Å²) in [5.41, 5.74) is 3.43. The predicted molar refractivity (Wildman–Crippen MR) is 108 cm³/mol. The molecule has 5 heteroatoms. The molecule has 5 rings (SSSR count). The van der Waals surface area contributed by atoms with Crippen LogP contribution in [0.4, 0.5) is 4.39 Å². The van der Waals surface area contributed by atoms with Crippen molar-refractivity contribution in [2.75, 3.05) is 19.7 Å². The molecule has 3 aromatic rings. The van der Waals surface area contributed by atoms with Gasteiger partial charge in [0.25, 0.3) is 0 Å². The molecule has 0 amide bonds. The highest BCUT2D eigenvalue weighted by Gasteiger charge is 2.23. The smallest absolute Gasteiger partial charge is 0.145 e. The summed E-state index contributed by atoms with van der Waals surface area (Å²) in [7, 11) is 0. The zero-order valence-corrected chi connectivity index (χ0v) is 16.1. The first-order valence-electron chi connectivity index (χ1n) is 10.3. The average molecular weight is 379 g/mol. The van der Waals surface area contributed by atoms with Crippen LogP contribution in [0.2, 0.25) is 0 Å². The zero-order valence-electron chi connectivity index (χ0n) is 16.1. The molecule has 0 radical (unpaired) electrons. The SMILES string of the molecule is Fc1ccc(CCC2CCN(Cc3nc4cccc5c4n3CCO5)CC2)cc1. The van der Waals surface area contributed by atoms with E-state index in [-0.39, 0.29) is 5.82 Å². The lowest BCUT2D eigenvalue weighted by Gasteiger charge is -2.32. The minimum absolute atomic E-state index is 0.151. The molecule has 0 unspecified atom stereocenters. The van der Waals surface area contributed by atoms with E-state index in [1.165, 1.54) is 24.8 Å². The summed E-state index contributed by atoms with van der Waals surface area (Å²) in [6.07, 6.45) is 4.70. The molecule has 4 nitrogen and oxygen atoms in total. The second-order valence-corrected chi connectivity index (χ2v) is 8.04. The fraction of sp³-hybridized carbons (Fsp3) is 0.435. The van der Waals surface area contributed by atoms with Crippen LogP contribution in [-0.2, 0) is 19.5 Å². The van der Waals surface area contributed by atoms with Crippen molar-refractivity contribution in [1.82, 2.24) is 14.5 Å². The van der Waals surface area contributed by atoms with Gasteiger partial charge in [0.1, 0.15) is 29.5 Å². The van der Waals surface area contributed by atoms with E-state index < -0.39 is 0 Å². The highest BCUT2D eigenvalue weighted by Crippen LogP contribution is 2.31. The molecule has 1 fully saturated rings. The Kier molecular flexibility index (Phi) is 4.77. The summed E-state index contributed by atoms with van der Waals surface area (Å²) < 4.78 is 21.2.